The molecule has 1 rings (SSSR count). The highest BCUT2D eigenvalue weighted by Gasteiger charge is 2.31. The summed E-state index contributed by atoms with van der Waals surface area (Å²) in [6, 6.07) is 3.23. The van der Waals surface area contributed by atoms with Gasteiger partial charge in [-0.25, -0.2) is 13.1 Å². The van der Waals surface area contributed by atoms with Gasteiger partial charge in [-0.2, -0.15) is 13.2 Å². The molecule has 1 amide bonds. The highest BCUT2D eigenvalue weighted by Crippen LogP contribution is 2.23. The quantitative estimate of drug-likeness (QED) is 0.693. The third-order valence-electron chi connectivity index (χ3n) is 2.50. The number of carbonyl (C=O) groups excluding carboxylic acids is 1. The average molecular weight is 394 g/mol. The Bertz CT molecular complexity index is 685. The molecule has 25 heavy (non-hydrogen) atoms. The fourth-order valence-electron chi connectivity index (χ4n) is 1.49. The molecule has 0 saturated heterocycles. The minimum Gasteiger partial charge on any atom is -0.406 e. The molecule has 0 fully saturated rings. The number of alkyl halides is 6. The fourth-order valence-corrected chi connectivity index (χ4v) is 2.52. The van der Waals surface area contributed by atoms with E-state index < -0.39 is 58.6 Å². The van der Waals surface area contributed by atoms with Crippen LogP contribution in [0.1, 0.15) is 6.42 Å². The number of nitrogens with one attached hydrogen (secondary N) is 2. The zero-order valence-corrected chi connectivity index (χ0v) is 13.1. The van der Waals surface area contributed by atoms with Crippen LogP contribution in [0.3, 0.4) is 0 Å². The summed E-state index contributed by atoms with van der Waals surface area (Å²) in [6.45, 7) is -2.04. The fraction of sp³-hybridized carbons (Fsp3) is 0.417. The van der Waals surface area contributed by atoms with Gasteiger partial charge in [0.05, 0.1) is 4.90 Å². The van der Waals surface area contributed by atoms with Gasteiger partial charge in [0.1, 0.15) is 12.3 Å². The van der Waals surface area contributed by atoms with Crippen LogP contribution in [0.25, 0.3) is 0 Å². The van der Waals surface area contributed by atoms with Gasteiger partial charge in [0.2, 0.25) is 15.9 Å². The maximum absolute atomic E-state index is 12.0. The molecule has 1 aromatic rings. The van der Waals surface area contributed by atoms with Gasteiger partial charge in [-0.1, -0.05) is 0 Å². The molecule has 0 aliphatic rings. The van der Waals surface area contributed by atoms with Crippen molar-refractivity contribution < 1.29 is 44.3 Å². The lowest BCUT2D eigenvalue weighted by molar-refractivity contribution is -0.274. The summed E-state index contributed by atoms with van der Waals surface area (Å²) in [5, 5.41) is 1.56. The second kappa shape index (κ2) is 7.91. The summed E-state index contributed by atoms with van der Waals surface area (Å²) in [4.78, 5) is 10.7. The largest absolute Gasteiger partial charge is 0.573 e. The van der Waals surface area contributed by atoms with E-state index in [0.717, 1.165) is 24.3 Å². The third kappa shape index (κ3) is 8.58. The van der Waals surface area contributed by atoms with E-state index in [1.165, 1.54) is 0 Å². The highest BCUT2D eigenvalue weighted by molar-refractivity contribution is 7.89. The molecule has 6 nitrogen and oxygen atoms in total. The lowest BCUT2D eigenvalue weighted by Crippen LogP contribution is -2.36. The van der Waals surface area contributed by atoms with Gasteiger partial charge < -0.3 is 10.1 Å². The summed E-state index contributed by atoms with van der Waals surface area (Å²) in [6.07, 6.45) is -10.1. The smallest absolute Gasteiger partial charge is 0.406 e. The molecule has 142 valence electrons. The SMILES string of the molecule is O=C(CCNS(=O)(=O)c1ccc(OC(F)(F)F)cc1)NCC(F)(F)F. The lowest BCUT2D eigenvalue weighted by Gasteiger charge is -2.11. The van der Waals surface area contributed by atoms with E-state index in [4.69, 9.17) is 0 Å². The number of amides is 1. The van der Waals surface area contributed by atoms with E-state index in [1.54, 1.807) is 5.32 Å². The molecule has 0 saturated carbocycles. The van der Waals surface area contributed by atoms with Gasteiger partial charge in [0, 0.05) is 13.0 Å². The molecule has 0 atom stereocenters. The molecule has 0 unspecified atom stereocenters. The van der Waals surface area contributed by atoms with Crippen molar-refractivity contribution in [1.82, 2.24) is 10.0 Å². The van der Waals surface area contributed by atoms with Crippen molar-refractivity contribution in [3.05, 3.63) is 24.3 Å². The highest BCUT2D eigenvalue weighted by atomic mass is 32.2. The number of sulfonamides is 1. The number of hydrogen-bond acceptors (Lipinski definition) is 4. The molecule has 1 aromatic carbocycles. The van der Waals surface area contributed by atoms with Gasteiger partial charge in [-0.3, -0.25) is 4.79 Å². The minimum atomic E-state index is -4.93. The summed E-state index contributed by atoms with van der Waals surface area (Å²) in [7, 11) is -4.15. The van der Waals surface area contributed by atoms with Crippen molar-refractivity contribution in [3.8, 4) is 5.75 Å². The first-order valence-electron chi connectivity index (χ1n) is 6.47. The molecular weight excluding hydrogens is 382 g/mol. The van der Waals surface area contributed by atoms with Crippen LogP contribution in [0.5, 0.6) is 5.75 Å². The Hall–Kier alpha value is -2.02. The normalized spacial score (nSPS) is 12.7. The molecule has 0 heterocycles. The van der Waals surface area contributed by atoms with E-state index in [0.29, 0.717) is 0 Å². The number of hydrogen-bond donors (Lipinski definition) is 2. The summed E-state index contributed by atoms with van der Waals surface area (Å²) in [5.41, 5.74) is 0. The zero-order valence-electron chi connectivity index (χ0n) is 12.2. The number of carbonyl (C=O) groups is 1. The Kier molecular flexibility index (Phi) is 6.65. The summed E-state index contributed by atoms with van der Waals surface area (Å²) in [5.74, 6) is -1.65. The summed E-state index contributed by atoms with van der Waals surface area (Å²) >= 11 is 0. The molecule has 0 aliphatic heterocycles. The predicted molar refractivity (Wildman–Crippen MR) is 72.0 cm³/mol. The van der Waals surface area contributed by atoms with Crippen LogP contribution < -0.4 is 14.8 Å². The predicted octanol–water partition coefficient (Wildman–Crippen LogP) is 1.93. The van der Waals surface area contributed by atoms with E-state index in [1.807, 2.05) is 4.72 Å². The standard InChI is InChI=1S/C12H12F6N2O4S/c13-11(14,15)7-19-10(21)5-6-20-25(22,23)9-3-1-8(2-4-9)24-12(16,17)18/h1-4,20H,5-7H2,(H,19,21). The van der Waals surface area contributed by atoms with Crippen LogP contribution in [-0.4, -0.2) is 40.0 Å². The van der Waals surface area contributed by atoms with Crippen LogP contribution >= 0.6 is 0 Å². The zero-order chi connectivity index (χ0) is 19.3. The van der Waals surface area contributed by atoms with Crippen LogP contribution in [0.2, 0.25) is 0 Å². The maximum atomic E-state index is 12.0. The van der Waals surface area contributed by atoms with Crippen LogP contribution in [0, 0.1) is 0 Å². The topological polar surface area (TPSA) is 84.5 Å². The first-order valence-corrected chi connectivity index (χ1v) is 7.96. The molecule has 0 aliphatic carbocycles. The molecule has 0 spiro atoms. The van der Waals surface area contributed by atoms with Crippen LogP contribution in [-0.2, 0) is 14.8 Å². The van der Waals surface area contributed by atoms with Gasteiger partial charge in [0.25, 0.3) is 0 Å². The van der Waals surface area contributed by atoms with Crippen LogP contribution in [0.15, 0.2) is 29.2 Å². The van der Waals surface area contributed by atoms with E-state index in [9.17, 15) is 39.6 Å². The minimum absolute atomic E-state index is 0.405. The van der Waals surface area contributed by atoms with Gasteiger partial charge in [-0.15, -0.1) is 13.2 Å². The second-order valence-corrected chi connectivity index (χ2v) is 6.33. The second-order valence-electron chi connectivity index (χ2n) is 4.56. The molecule has 0 aromatic heterocycles. The molecule has 0 radical (unpaired) electrons. The molecule has 13 heteroatoms. The van der Waals surface area contributed by atoms with Gasteiger partial charge in [-0.05, 0) is 24.3 Å². The van der Waals surface area contributed by atoms with E-state index in [-0.39, 0.29) is 0 Å². The average Bonchev–Trinajstić information content (AvgIpc) is 2.43. The molecule has 2 N–H and O–H groups in total. The lowest BCUT2D eigenvalue weighted by atomic mass is 10.3. The number of benzene rings is 1. The van der Waals surface area contributed by atoms with Crippen molar-refractivity contribution >= 4 is 15.9 Å². The Balaban J connectivity index is 2.54. The van der Waals surface area contributed by atoms with Crippen molar-refractivity contribution in [2.45, 2.75) is 23.9 Å². The number of halogens is 6. The maximum Gasteiger partial charge on any atom is 0.573 e. The van der Waals surface area contributed by atoms with E-state index in [2.05, 4.69) is 4.74 Å². The van der Waals surface area contributed by atoms with Crippen molar-refractivity contribution in [2.24, 2.45) is 0 Å². The number of rotatable bonds is 7. The van der Waals surface area contributed by atoms with Crippen molar-refractivity contribution in [1.29, 1.82) is 0 Å². The number of ether oxygens (including phenoxy) is 1. The Morgan fingerprint density at radius 3 is 2.08 bits per heavy atom. The monoisotopic (exact) mass is 394 g/mol. The van der Waals surface area contributed by atoms with Crippen LogP contribution in [0.4, 0.5) is 26.3 Å². The Morgan fingerprint density at radius 2 is 1.60 bits per heavy atom. The van der Waals surface area contributed by atoms with Crippen molar-refractivity contribution in [2.75, 3.05) is 13.1 Å². The molecular formula is C12H12F6N2O4S. The van der Waals surface area contributed by atoms with Gasteiger partial charge >= 0.3 is 12.5 Å². The molecule has 0 bridgehead atoms. The Labute approximate surface area is 138 Å². The first kappa shape index (κ1) is 21.0. The third-order valence-corrected chi connectivity index (χ3v) is 3.97. The van der Waals surface area contributed by atoms with Crippen molar-refractivity contribution in [3.63, 3.8) is 0 Å². The van der Waals surface area contributed by atoms with E-state index >= 15 is 0 Å². The Morgan fingerprint density at radius 1 is 1.04 bits per heavy atom. The first-order chi connectivity index (χ1) is 11.3. The van der Waals surface area contributed by atoms with Gasteiger partial charge in [0.15, 0.2) is 0 Å². The summed E-state index contributed by atoms with van der Waals surface area (Å²) < 4.78 is 101.